The molecule has 0 aromatic carbocycles. The average Bonchev–Trinajstić information content (AvgIpc) is 2.03. The van der Waals surface area contributed by atoms with Gasteiger partial charge in [0.15, 0.2) is 0 Å². The molecule has 0 aliphatic rings. The summed E-state index contributed by atoms with van der Waals surface area (Å²) in [7, 11) is 0. The van der Waals surface area contributed by atoms with Gasteiger partial charge >= 0.3 is 23.1 Å². The fourth-order valence-corrected chi connectivity index (χ4v) is 1.08. The molecule has 0 saturated carbocycles. The Morgan fingerprint density at radius 3 is 2.15 bits per heavy atom. The summed E-state index contributed by atoms with van der Waals surface area (Å²) in [6, 6.07) is 0. The fourth-order valence-electron chi connectivity index (χ4n) is 1.08. The molecule has 0 radical (unpaired) electrons. The van der Waals surface area contributed by atoms with Gasteiger partial charge in [-0.25, -0.2) is 0 Å². The van der Waals surface area contributed by atoms with Crippen LogP contribution in [0.5, 0.6) is 0 Å². The number of allylic oxidation sites excluding steroid dienone is 2. The van der Waals surface area contributed by atoms with Crippen molar-refractivity contribution in [2.45, 2.75) is 51.9 Å². The zero-order valence-electron chi connectivity index (χ0n) is 8.90. The minimum atomic E-state index is 0. The second-order valence-corrected chi connectivity index (χ2v) is 2.94. The monoisotopic (exact) mass is 304 g/mol. The predicted molar refractivity (Wildman–Crippen MR) is 58.2 cm³/mol. The third kappa shape index (κ3) is 19.6. The molecule has 0 fully saturated rings. The van der Waals surface area contributed by atoms with Crippen molar-refractivity contribution in [3.63, 3.8) is 0 Å². The number of halogens is 1. The van der Waals surface area contributed by atoms with E-state index < -0.39 is 0 Å². The first kappa shape index (κ1) is 19.8. The van der Waals surface area contributed by atoms with E-state index in [2.05, 4.69) is 26.0 Å². The Labute approximate surface area is 117 Å². The Bertz CT molecular complexity index is 92.1. The average molecular weight is 304 g/mol. The van der Waals surface area contributed by atoms with E-state index in [4.69, 9.17) is 0 Å². The molecular formula is C11H21IMg. The van der Waals surface area contributed by atoms with Gasteiger partial charge in [-0.2, -0.15) is 6.42 Å². The van der Waals surface area contributed by atoms with Crippen molar-refractivity contribution in [2.24, 2.45) is 0 Å². The van der Waals surface area contributed by atoms with Gasteiger partial charge in [0.2, 0.25) is 0 Å². The number of unbranched alkanes of at least 4 members (excludes halogenated alkanes) is 5. The molecule has 74 valence electrons. The van der Waals surface area contributed by atoms with Crippen LogP contribution in [0.4, 0.5) is 0 Å². The normalized spacial score (nSPS) is 9.38. The Balaban J connectivity index is -0.000000500. The van der Waals surface area contributed by atoms with Crippen molar-refractivity contribution in [3.05, 3.63) is 19.1 Å². The van der Waals surface area contributed by atoms with E-state index in [0.717, 1.165) is 6.42 Å². The standard InChI is InChI=1S/C11H21.HI.Mg/c1-3-5-7-9-11-10-8-6-4-2;;/h6,8H,1,3-5,7,9-11H2,2H3;1H;/q-1;;+2/p-1/b8-6-;;. The van der Waals surface area contributed by atoms with Crippen LogP contribution in [0, 0.1) is 6.92 Å². The van der Waals surface area contributed by atoms with Gasteiger partial charge in [0.25, 0.3) is 0 Å². The Hall–Kier alpha value is 1.24. The van der Waals surface area contributed by atoms with Crippen LogP contribution in [0.15, 0.2) is 12.2 Å². The van der Waals surface area contributed by atoms with Gasteiger partial charge in [0, 0.05) is 0 Å². The van der Waals surface area contributed by atoms with Crippen LogP contribution in [0.3, 0.4) is 0 Å². The number of hydrogen-bond donors (Lipinski definition) is 0. The van der Waals surface area contributed by atoms with Crippen molar-refractivity contribution in [2.75, 3.05) is 0 Å². The minimum absolute atomic E-state index is 0. The van der Waals surface area contributed by atoms with Crippen LogP contribution >= 0.6 is 0 Å². The fraction of sp³-hybridized carbons (Fsp3) is 0.727. The second kappa shape index (κ2) is 18.9. The van der Waals surface area contributed by atoms with Crippen LogP contribution in [-0.2, 0) is 0 Å². The molecule has 0 bridgehead atoms. The van der Waals surface area contributed by atoms with Gasteiger partial charge in [-0.15, -0.1) is 0 Å². The molecule has 0 heterocycles. The summed E-state index contributed by atoms with van der Waals surface area (Å²) in [6.07, 6.45) is 13.5. The van der Waals surface area contributed by atoms with Gasteiger partial charge in [0.05, 0.1) is 0 Å². The SMILES string of the molecule is [CH2-]CCCCCC/C=C\CC.[I-].[Mg+2]. The maximum Gasteiger partial charge on any atom is 2.00 e. The van der Waals surface area contributed by atoms with E-state index in [0.29, 0.717) is 0 Å². The van der Waals surface area contributed by atoms with E-state index in [9.17, 15) is 0 Å². The molecule has 0 aliphatic heterocycles. The van der Waals surface area contributed by atoms with Crippen LogP contribution in [0.25, 0.3) is 0 Å². The van der Waals surface area contributed by atoms with Crippen LogP contribution in [0.1, 0.15) is 51.9 Å². The van der Waals surface area contributed by atoms with Gasteiger partial charge in [-0.3, -0.25) is 0 Å². The first-order valence-electron chi connectivity index (χ1n) is 4.86. The third-order valence-corrected chi connectivity index (χ3v) is 1.77. The quantitative estimate of drug-likeness (QED) is 0.214. The smallest absolute Gasteiger partial charge is 1.00 e. The van der Waals surface area contributed by atoms with Gasteiger partial charge < -0.3 is 30.9 Å². The van der Waals surface area contributed by atoms with Crippen LogP contribution in [-0.4, -0.2) is 23.1 Å². The molecule has 0 N–H and O–H groups in total. The molecule has 2 heteroatoms. The molecular weight excluding hydrogens is 283 g/mol. The second-order valence-electron chi connectivity index (χ2n) is 2.94. The van der Waals surface area contributed by atoms with Gasteiger partial charge in [0.1, 0.15) is 0 Å². The summed E-state index contributed by atoms with van der Waals surface area (Å²) in [5.74, 6) is 0. The first-order chi connectivity index (χ1) is 5.41. The van der Waals surface area contributed by atoms with Gasteiger partial charge in [-0.05, 0) is 19.3 Å². The molecule has 0 nitrogen and oxygen atoms in total. The largest absolute Gasteiger partial charge is 2.00 e. The predicted octanol–water partition coefficient (Wildman–Crippen LogP) is 0.750. The van der Waals surface area contributed by atoms with Crippen molar-refractivity contribution in [1.82, 2.24) is 0 Å². The molecule has 0 rings (SSSR count). The summed E-state index contributed by atoms with van der Waals surface area (Å²) in [5, 5.41) is 0. The van der Waals surface area contributed by atoms with E-state index in [-0.39, 0.29) is 47.0 Å². The van der Waals surface area contributed by atoms with Crippen molar-refractivity contribution in [1.29, 1.82) is 0 Å². The van der Waals surface area contributed by atoms with E-state index in [1.807, 2.05) is 0 Å². The summed E-state index contributed by atoms with van der Waals surface area (Å²) >= 11 is 0. The van der Waals surface area contributed by atoms with E-state index >= 15 is 0 Å². The molecule has 0 spiro atoms. The molecule has 0 amide bonds. The Kier molecular flexibility index (Phi) is 28.7. The van der Waals surface area contributed by atoms with E-state index in [1.165, 1.54) is 38.5 Å². The summed E-state index contributed by atoms with van der Waals surface area (Å²) in [5.41, 5.74) is 0. The maximum absolute atomic E-state index is 3.82. The van der Waals surface area contributed by atoms with Crippen LogP contribution in [0.2, 0.25) is 0 Å². The van der Waals surface area contributed by atoms with Crippen molar-refractivity contribution in [3.8, 4) is 0 Å². The maximum atomic E-state index is 3.82. The molecule has 0 aliphatic carbocycles. The topological polar surface area (TPSA) is 0 Å². The molecule has 13 heavy (non-hydrogen) atoms. The summed E-state index contributed by atoms with van der Waals surface area (Å²) in [6.45, 7) is 6.00. The zero-order chi connectivity index (χ0) is 8.36. The number of rotatable bonds is 7. The van der Waals surface area contributed by atoms with Gasteiger partial charge in [-0.1, -0.05) is 38.3 Å². The molecule has 0 aromatic heterocycles. The first-order valence-corrected chi connectivity index (χ1v) is 4.86. The minimum Gasteiger partial charge on any atom is -1.00 e. The summed E-state index contributed by atoms with van der Waals surface area (Å²) < 4.78 is 0. The third-order valence-electron chi connectivity index (χ3n) is 1.77. The Morgan fingerprint density at radius 1 is 1.00 bits per heavy atom. The molecule has 0 atom stereocenters. The van der Waals surface area contributed by atoms with Crippen LogP contribution < -0.4 is 24.0 Å². The molecule has 0 unspecified atom stereocenters. The molecule has 0 saturated heterocycles. The summed E-state index contributed by atoms with van der Waals surface area (Å²) in [4.78, 5) is 0. The van der Waals surface area contributed by atoms with Crippen molar-refractivity contribution < 1.29 is 24.0 Å². The zero-order valence-corrected chi connectivity index (χ0v) is 12.5. The van der Waals surface area contributed by atoms with Crippen molar-refractivity contribution >= 4 is 23.1 Å². The van der Waals surface area contributed by atoms with E-state index in [1.54, 1.807) is 0 Å². The Morgan fingerprint density at radius 2 is 1.62 bits per heavy atom. The number of hydrogen-bond acceptors (Lipinski definition) is 0. The molecule has 0 aromatic rings.